The summed E-state index contributed by atoms with van der Waals surface area (Å²) < 4.78 is 0. The van der Waals surface area contributed by atoms with Gasteiger partial charge in [0.25, 0.3) is 0 Å². The van der Waals surface area contributed by atoms with Crippen LogP contribution in [0.4, 0.5) is 0 Å². The van der Waals surface area contributed by atoms with Crippen molar-refractivity contribution >= 4 is 16.9 Å². The van der Waals surface area contributed by atoms with Crippen LogP contribution in [0.3, 0.4) is 0 Å². The molecule has 2 atom stereocenters. The van der Waals surface area contributed by atoms with E-state index in [0.29, 0.717) is 11.3 Å². The van der Waals surface area contributed by atoms with Crippen LogP contribution in [-0.2, 0) is 0 Å². The van der Waals surface area contributed by atoms with E-state index in [-0.39, 0.29) is 0 Å². The van der Waals surface area contributed by atoms with E-state index in [2.05, 4.69) is 38.3 Å². The molecular formula is C10H22N4S. The lowest BCUT2D eigenvalue weighted by Gasteiger charge is -2.22. The fourth-order valence-corrected chi connectivity index (χ4v) is 1.97. The number of rotatable bonds is 4. The van der Waals surface area contributed by atoms with Crippen molar-refractivity contribution in [3.63, 3.8) is 0 Å². The molecule has 0 saturated carbocycles. The van der Waals surface area contributed by atoms with Crippen LogP contribution in [0.1, 0.15) is 40.5 Å². The maximum absolute atomic E-state index is 4.56. The lowest BCUT2D eigenvalue weighted by atomic mass is 10.3. The van der Waals surface area contributed by atoms with Crippen molar-refractivity contribution in [1.82, 2.24) is 15.7 Å². The molecule has 0 amide bonds. The molecule has 1 N–H and O–H groups in total. The van der Waals surface area contributed by atoms with Gasteiger partial charge in [0.2, 0.25) is 5.17 Å². The second kappa shape index (κ2) is 5.61. The molecule has 4 nitrogen and oxygen atoms in total. The Hall–Kier alpha value is -0.420. The molecule has 0 aliphatic carbocycles. The topological polar surface area (TPSA) is 30.9 Å². The van der Waals surface area contributed by atoms with Gasteiger partial charge in [0.15, 0.2) is 0 Å². The van der Waals surface area contributed by atoms with Crippen LogP contribution in [0, 0.1) is 0 Å². The first kappa shape index (κ1) is 12.6. The molecule has 0 spiro atoms. The Morgan fingerprint density at radius 2 is 2.00 bits per heavy atom. The highest BCUT2D eigenvalue weighted by molar-refractivity contribution is 8.14. The largest absolute Gasteiger partial charge is 0.269 e. The average molecular weight is 230 g/mol. The highest BCUT2D eigenvalue weighted by atomic mass is 32.2. The van der Waals surface area contributed by atoms with E-state index in [4.69, 9.17) is 0 Å². The summed E-state index contributed by atoms with van der Waals surface area (Å²) in [5.74, 6) is 0. The van der Waals surface area contributed by atoms with Crippen LogP contribution in [-0.4, -0.2) is 33.6 Å². The normalized spacial score (nSPS) is 20.5. The number of hydrogen-bond acceptors (Lipinski definition) is 5. The number of amidine groups is 1. The molecule has 0 fully saturated rings. The Balaban J connectivity index is 2.56. The fraction of sp³-hybridized carbons (Fsp3) is 0.900. The minimum absolute atomic E-state index is 0.433. The molecule has 5 heteroatoms. The quantitative estimate of drug-likeness (QED) is 0.802. The number of thioether (sulfide) groups is 1. The molecule has 1 aliphatic heterocycles. The molecule has 15 heavy (non-hydrogen) atoms. The zero-order valence-corrected chi connectivity index (χ0v) is 11.1. The van der Waals surface area contributed by atoms with E-state index in [1.807, 2.05) is 28.9 Å². The van der Waals surface area contributed by atoms with Crippen molar-refractivity contribution in [1.29, 1.82) is 0 Å². The Morgan fingerprint density at radius 1 is 1.33 bits per heavy atom. The van der Waals surface area contributed by atoms with Crippen LogP contribution in [0.5, 0.6) is 0 Å². The van der Waals surface area contributed by atoms with E-state index in [1.165, 1.54) is 6.42 Å². The first-order valence-electron chi connectivity index (χ1n) is 5.63. The second-order valence-electron chi connectivity index (χ2n) is 3.98. The van der Waals surface area contributed by atoms with Gasteiger partial charge in [-0.05, 0) is 19.8 Å². The van der Waals surface area contributed by atoms with E-state index < -0.39 is 0 Å². The number of hydrogen-bond donors (Lipinski definition) is 1. The lowest BCUT2D eigenvalue weighted by Crippen LogP contribution is -2.43. The highest BCUT2D eigenvalue weighted by Gasteiger charge is 2.23. The van der Waals surface area contributed by atoms with Crippen LogP contribution in [0.25, 0.3) is 0 Å². The van der Waals surface area contributed by atoms with Crippen LogP contribution < -0.4 is 5.53 Å². The zero-order valence-electron chi connectivity index (χ0n) is 10.3. The minimum Gasteiger partial charge on any atom is -0.269 e. The first-order valence-corrected chi connectivity index (χ1v) is 6.50. The standard InChI is InChI=1S/C10H22N4S/c1-6-8(3)14-11-10(13(5)12-14)15-9(4)7-2/h8-9,12H,6-7H2,1-5H3. The van der Waals surface area contributed by atoms with Crippen LogP contribution in [0.15, 0.2) is 5.10 Å². The Bertz CT molecular complexity index is 231. The van der Waals surface area contributed by atoms with Gasteiger partial charge in [-0.2, -0.15) is 0 Å². The molecule has 0 saturated heterocycles. The molecule has 1 aliphatic rings. The van der Waals surface area contributed by atoms with Gasteiger partial charge in [0.1, 0.15) is 0 Å². The third kappa shape index (κ3) is 3.28. The van der Waals surface area contributed by atoms with Crippen molar-refractivity contribution in [3.8, 4) is 0 Å². The predicted octanol–water partition coefficient (Wildman–Crippen LogP) is 2.25. The number of nitrogens with one attached hydrogen (secondary N) is 1. The van der Waals surface area contributed by atoms with Gasteiger partial charge in [0, 0.05) is 12.3 Å². The summed E-state index contributed by atoms with van der Waals surface area (Å²) in [6.45, 7) is 8.77. The lowest BCUT2D eigenvalue weighted by molar-refractivity contribution is 0.0865. The maximum Gasteiger partial charge on any atom is 0.200 e. The van der Waals surface area contributed by atoms with Gasteiger partial charge >= 0.3 is 0 Å². The number of hydrazone groups is 1. The molecule has 1 rings (SSSR count). The second-order valence-corrected chi connectivity index (χ2v) is 5.39. The number of nitrogens with zero attached hydrogens (tertiary/aromatic N) is 3. The van der Waals surface area contributed by atoms with Gasteiger partial charge < -0.3 is 0 Å². The summed E-state index contributed by atoms with van der Waals surface area (Å²) >= 11 is 1.82. The summed E-state index contributed by atoms with van der Waals surface area (Å²) in [4.78, 5) is 0. The summed E-state index contributed by atoms with van der Waals surface area (Å²) in [6, 6.07) is 0.433. The molecule has 0 radical (unpaired) electrons. The molecule has 2 unspecified atom stereocenters. The van der Waals surface area contributed by atoms with E-state index in [1.54, 1.807) is 0 Å². The summed E-state index contributed by atoms with van der Waals surface area (Å²) in [6.07, 6.45) is 2.26. The third-order valence-electron chi connectivity index (χ3n) is 2.62. The van der Waals surface area contributed by atoms with Crippen molar-refractivity contribution in [2.24, 2.45) is 5.10 Å². The molecule has 0 bridgehead atoms. The van der Waals surface area contributed by atoms with E-state index in [9.17, 15) is 0 Å². The Kier molecular flexibility index (Phi) is 4.73. The maximum atomic E-state index is 4.56. The van der Waals surface area contributed by atoms with Crippen LogP contribution >= 0.6 is 11.8 Å². The van der Waals surface area contributed by atoms with Gasteiger partial charge in [-0.15, -0.1) is 10.6 Å². The van der Waals surface area contributed by atoms with Crippen molar-refractivity contribution in [3.05, 3.63) is 0 Å². The van der Waals surface area contributed by atoms with Gasteiger partial charge in [-0.3, -0.25) is 5.01 Å². The SMILES string of the molecule is CCC(C)SC1=NN(C(C)CC)NN1C. The Morgan fingerprint density at radius 3 is 2.53 bits per heavy atom. The van der Waals surface area contributed by atoms with Crippen molar-refractivity contribution in [2.75, 3.05) is 7.05 Å². The minimum atomic E-state index is 0.433. The molecule has 0 aromatic carbocycles. The number of hydrazine groups is 2. The smallest absolute Gasteiger partial charge is 0.200 e. The zero-order chi connectivity index (χ0) is 11.4. The molecule has 88 valence electrons. The third-order valence-corrected chi connectivity index (χ3v) is 3.92. The van der Waals surface area contributed by atoms with Gasteiger partial charge in [-0.1, -0.05) is 32.5 Å². The van der Waals surface area contributed by atoms with Crippen LogP contribution in [0.2, 0.25) is 0 Å². The van der Waals surface area contributed by atoms with Gasteiger partial charge in [0.05, 0.1) is 6.04 Å². The van der Waals surface area contributed by atoms with E-state index in [0.717, 1.165) is 11.6 Å². The summed E-state index contributed by atoms with van der Waals surface area (Å²) in [7, 11) is 2.01. The van der Waals surface area contributed by atoms with Crippen molar-refractivity contribution in [2.45, 2.75) is 51.8 Å². The predicted molar refractivity (Wildman–Crippen MR) is 67.3 cm³/mol. The molecule has 0 aromatic rings. The molecule has 0 aromatic heterocycles. The summed E-state index contributed by atoms with van der Waals surface area (Å²) in [5.41, 5.74) is 3.23. The fourth-order valence-electron chi connectivity index (χ4n) is 1.11. The summed E-state index contributed by atoms with van der Waals surface area (Å²) in [5, 5.41) is 10.2. The molecular weight excluding hydrogens is 208 g/mol. The average Bonchev–Trinajstić information content (AvgIpc) is 2.59. The highest BCUT2D eigenvalue weighted by Crippen LogP contribution is 2.21. The van der Waals surface area contributed by atoms with Gasteiger partial charge in [-0.25, -0.2) is 5.12 Å². The van der Waals surface area contributed by atoms with Crippen molar-refractivity contribution < 1.29 is 0 Å². The monoisotopic (exact) mass is 230 g/mol. The molecule has 1 heterocycles. The Labute approximate surface area is 97.0 Å². The van der Waals surface area contributed by atoms with E-state index >= 15 is 0 Å². The first-order chi connectivity index (χ1) is 7.08.